The number of hydrogen-bond acceptors (Lipinski definition) is 3. The Morgan fingerprint density at radius 2 is 2.00 bits per heavy atom. The highest BCUT2D eigenvalue weighted by atomic mass is 16.4. The Morgan fingerprint density at radius 3 is 2.72 bits per heavy atom. The zero-order valence-corrected chi connectivity index (χ0v) is 15.3. The number of nitrogens with zero attached hydrogens (tertiary/aromatic N) is 1. The molecule has 1 fully saturated rings. The van der Waals surface area contributed by atoms with Crippen molar-refractivity contribution in [2.45, 2.75) is 77.2 Å². The summed E-state index contributed by atoms with van der Waals surface area (Å²) in [6.07, 6.45) is 14.8. The summed E-state index contributed by atoms with van der Waals surface area (Å²) >= 11 is 0. The van der Waals surface area contributed by atoms with E-state index >= 15 is 0 Å². The highest BCUT2D eigenvalue weighted by molar-refractivity contribution is 5.89. The van der Waals surface area contributed by atoms with Gasteiger partial charge in [-0.2, -0.15) is 0 Å². The van der Waals surface area contributed by atoms with Gasteiger partial charge in [0.1, 0.15) is 0 Å². The monoisotopic (exact) mass is 349 g/mol. The molecule has 1 aliphatic heterocycles. The molecule has 1 amide bonds. The summed E-state index contributed by atoms with van der Waals surface area (Å²) in [5, 5.41) is 8.60. The first kappa shape index (κ1) is 21.1. The van der Waals surface area contributed by atoms with Crippen LogP contribution in [0.15, 0.2) is 24.3 Å². The molecule has 140 valence electrons. The maximum absolute atomic E-state index is 12.2. The van der Waals surface area contributed by atoms with Crippen molar-refractivity contribution in [2.24, 2.45) is 0 Å². The predicted molar refractivity (Wildman–Crippen MR) is 98.3 cm³/mol. The van der Waals surface area contributed by atoms with Crippen LogP contribution in [0.4, 0.5) is 0 Å². The van der Waals surface area contributed by atoms with Crippen molar-refractivity contribution in [1.29, 1.82) is 0 Å². The largest absolute Gasteiger partial charge is 0.481 e. The Bertz CT molecular complexity index is 496. The lowest BCUT2D eigenvalue weighted by atomic mass is 10.00. The minimum absolute atomic E-state index is 0.0138. The van der Waals surface area contributed by atoms with E-state index < -0.39 is 5.97 Å². The molecule has 25 heavy (non-hydrogen) atoms. The molecule has 0 aromatic heterocycles. The summed E-state index contributed by atoms with van der Waals surface area (Å²) in [6, 6.07) is -0.0138. The van der Waals surface area contributed by atoms with Crippen LogP contribution in [-0.2, 0) is 14.4 Å². The Labute approximate surface area is 150 Å². The number of carbonyl (C=O) groups is 3. The third-order valence-corrected chi connectivity index (χ3v) is 4.37. The summed E-state index contributed by atoms with van der Waals surface area (Å²) in [5.41, 5.74) is 0. The second kappa shape index (κ2) is 12.5. The number of unbranched alkanes of at least 4 members (excludes halogenated alkanes) is 3. The lowest BCUT2D eigenvalue weighted by Gasteiger charge is -2.33. The van der Waals surface area contributed by atoms with E-state index in [-0.39, 0.29) is 24.2 Å². The number of hydrogen-bond donors (Lipinski definition) is 1. The summed E-state index contributed by atoms with van der Waals surface area (Å²) in [4.78, 5) is 36.3. The lowest BCUT2D eigenvalue weighted by Crippen LogP contribution is -2.42. The van der Waals surface area contributed by atoms with Gasteiger partial charge in [0.15, 0.2) is 5.78 Å². The van der Waals surface area contributed by atoms with E-state index in [1.807, 2.05) is 23.1 Å². The Morgan fingerprint density at radius 1 is 1.20 bits per heavy atom. The summed E-state index contributed by atoms with van der Waals surface area (Å²) in [5.74, 6) is -0.529. The van der Waals surface area contributed by atoms with Gasteiger partial charge in [0.2, 0.25) is 5.91 Å². The number of carbonyl (C=O) groups excluding carboxylic acids is 2. The average Bonchev–Trinajstić information content (AvgIpc) is 2.57. The van der Waals surface area contributed by atoms with Crippen LogP contribution in [0, 0.1) is 0 Å². The number of rotatable bonds is 12. The molecule has 5 heteroatoms. The zero-order valence-electron chi connectivity index (χ0n) is 15.3. The van der Waals surface area contributed by atoms with Gasteiger partial charge in [-0.15, -0.1) is 0 Å². The fraction of sp³-hybridized carbons (Fsp3) is 0.650. The van der Waals surface area contributed by atoms with Crippen molar-refractivity contribution in [2.75, 3.05) is 6.54 Å². The Balaban J connectivity index is 2.47. The molecule has 0 spiro atoms. The SMILES string of the molecule is CCCCCC(=O)C=CC1CCCC(=O)N1CC=CCCCC(=O)O. The predicted octanol–water partition coefficient (Wildman–Crippen LogP) is 3.88. The van der Waals surface area contributed by atoms with E-state index in [1.54, 1.807) is 6.08 Å². The van der Waals surface area contributed by atoms with E-state index in [4.69, 9.17) is 5.11 Å². The van der Waals surface area contributed by atoms with Gasteiger partial charge < -0.3 is 10.0 Å². The lowest BCUT2D eigenvalue weighted by molar-refractivity contribution is -0.137. The van der Waals surface area contributed by atoms with Crippen LogP contribution in [-0.4, -0.2) is 40.3 Å². The van der Waals surface area contributed by atoms with Crippen molar-refractivity contribution < 1.29 is 19.5 Å². The maximum Gasteiger partial charge on any atom is 0.303 e. The maximum atomic E-state index is 12.2. The van der Waals surface area contributed by atoms with Gasteiger partial charge in [0.05, 0.1) is 6.04 Å². The number of allylic oxidation sites excluding steroid dienone is 2. The molecule has 1 atom stereocenters. The van der Waals surface area contributed by atoms with Gasteiger partial charge in [-0.3, -0.25) is 14.4 Å². The summed E-state index contributed by atoms with van der Waals surface area (Å²) < 4.78 is 0. The van der Waals surface area contributed by atoms with E-state index in [0.717, 1.165) is 32.1 Å². The molecule has 0 bridgehead atoms. The van der Waals surface area contributed by atoms with Crippen LogP contribution in [0.3, 0.4) is 0 Å². The highest BCUT2D eigenvalue weighted by Gasteiger charge is 2.25. The Hall–Kier alpha value is -1.91. The molecule has 0 aliphatic carbocycles. The second-order valence-corrected chi connectivity index (χ2v) is 6.55. The number of amides is 1. The minimum atomic E-state index is -0.784. The molecule has 0 radical (unpaired) electrons. The number of aliphatic carboxylic acids is 1. The van der Waals surface area contributed by atoms with Crippen LogP contribution in [0.1, 0.15) is 71.1 Å². The van der Waals surface area contributed by atoms with Crippen molar-refractivity contribution >= 4 is 17.7 Å². The Kier molecular flexibility index (Phi) is 10.5. The van der Waals surface area contributed by atoms with Gasteiger partial charge in [-0.1, -0.05) is 38.0 Å². The highest BCUT2D eigenvalue weighted by Crippen LogP contribution is 2.19. The normalized spacial score (nSPS) is 18.4. The van der Waals surface area contributed by atoms with E-state index in [2.05, 4.69) is 6.92 Å². The molecule has 0 aromatic carbocycles. The third kappa shape index (κ3) is 9.22. The minimum Gasteiger partial charge on any atom is -0.481 e. The summed E-state index contributed by atoms with van der Waals surface area (Å²) in [6.45, 7) is 2.63. The first-order valence-corrected chi connectivity index (χ1v) is 9.42. The molecule has 1 N–H and O–H groups in total. The van der Waals surface area contributed by atoms with E-state index in [0.29, 0.717) is 32.2 Å². The molecule has 1 rings (SSSR count). The molecule has 1 aliphatic rings. The van der Waals surface area contributed by atoms with Crippen molar-refractivity contribution in [3.63, 3.8) is 0 Å². The van der Waals surface area contributed by atoms with Crippen LogP contribution < -0.4 is 0 Å². The molecule has 5 nitrogen and oxygen atoms in total. The second-order valence-electron chi connectivity index (χ2n) is 6.55. The van der Waals surface area contributed by atoms with E-state index in [9.17, 15) is 14.4 Å². The van der Waals surface area contributed by atoms with E-state index in [1.165, 1.54) is 0 Å². The topological polar surface area (TPSA) is 74.7 Å². The molecule has 1 heterocycles. The van der Waals surface area contributed by atoms with Crippen LogP contribution in [0.2, 0.25) is 0 Å². The number of carboxylic acid groups (broad SMARTS) is 1. The molecule has 0 aromatic rings. The first-order valence-electron chi connectivity index (χ1n) is 9.42. The van der Waals surface area contributed by atoms with Crippen LogP contribution in [0.25, 0.3) is 0 Å². The zero-order chi connectivity index (χ0) is 18.5. The molecular formula is C20H31NO4. The number of carboxylic acids is 1. The van der Waals surface area contributed by atoms with Crippen molar-refractivity contribution in [1.82, 2.24) is 4.90 Å². The van der Waals surface area contributed by atoms with Crippen molar-refractivity contribution in [3.05, 3.63) is 24.3 Å². The number of piperidine rings is 1. The quantitative estimate of drug-likeness (QED) is 0.329. The summed E-state index contributed by atoms with van der Waals surface area (Å²) in [7, 11) is 0. The van der Waals surface area contributed by atoms with Gasteiger partial charge in [0, 0.05) is 25.8 Å². The molecule has 1 saturated heterocycles. The molecule has 0 saturated carbocycles. The standard InChI is InChI=1S/C20H31NO4/c1-2-3-6-11-18(22)15-14-17-10-9-12-19(23)21(17)16-8-5-4-7-13-20(24)25/h5,8,14-15,17H,2-4,6-7,9-13,16H2,1H3,(H,24,25). The number of ketones is 1. The van der Waals surface area contributed by atoms with Crippen LogP contribution in [0.5, 0.6) is 0 Å². The van der Waals surface area contributed by atoms with Gasteiger partial charge in [0.25, 0.3) is 0 Å². The number of likely N-dealkylation sites (tertiary alicyclic amines) is 1. The van der Waals surface area contributed by atoms with Crippen LogP contribution >= 0.6 is 0 Å². The third-order valence-electron chi connectivity index (χ3n) is 4.37. The van der Waals surface area contributed by atoms with Gasteiger partial charge >= 0.3 is 5.97 Å². The fourth-order valence-corrected chi connectivity index (χ4v) is 2.91. The molecular weight excluding hydrogens is 318 g/mol. The smallest absolute Gasteiger partial charge is 0.303 e. The fourth-order valence-electron chi connectivity index (χ4n) is 2.91. The molecule has 1 unspecified atom stereocenters. The van der Waals surface area contributed by atoms with Gasteiger partial charge in [-0.25, -0.2) is 0 Å². The first-order chi connectivity index (χ1) is 12.0. The average molecular weight is 349 g/mol. The van der Waals surface area contributed by atoms with Gasteiger partial charge in [-0.05, 0) is 38.2 Å². The van der Waals surface area contributed by atoms with Crippen molar-refractivity contribution in [3.8, 4) is 0 Å².